The van der Waals surface area contributed by atoms with Gasteiger partial charge in [0.05, 0.1) is 13.1 Å². The van der Waals surface area contributed by atoms with Crippen LogP contribution in [0, 0.1) is 0 Å². The summed E-state index contributed by atoms with van der Waals surface area (Å²) in [4.78, 5) is 6.63. The van der Waals surface area contributed by atoms with E-state index in [0.717, 1.165) is 37.0 Å². The second kappa shape index (κ2) is 4.40. The third-order valence-corrected chi connectivity index (χ3v) is 3.61. The van der Waals surface area contributed by atoms with Crippen LogP contribution < -0.4 is 11.3 Å². The smallest absolute Gasteiger partial charge is 0.219 e. The van der Waals surface area contributed by atoms with E-state index in [1.807, 2.05) is 12.4 Å². The Morgan fingerprint density at radius 1 is 1.41 bits per heavy atom. The summed E-state index contributed by atoms with van der Waals surface area (Å²) < 4.78 is 2.18. The average Bonchev–Trinajstić information content (AvgIpc) is 2.96. The van der Waals surface area contributed by atoms with Gasteiger partial charge in [-0.1, -0.05) is 11.3 Å². The average molecular weight is 251 g/mol. The monoisotopic (exact) mass is 251 g/mol. The van der Waals surface area contributed by atoms with Crippen molar-refractivity contribution in [2.24, 2.45) is 5.84 Å². The number of hydrogen-bond donors (Lipinski definition) is 2. The highest BCUT2D eigenvalue weighted by molar-refractivity contribution is 7.15. The van der Waals surface area contributed by atoms with Gasteiger partial charge in [-0.2, -0.15) is 0 Å². The van der Waals surface area contributed by atoms with Crippen molar-refractivity contribution in [3.63, 3.8) is 0 Å². The molecular formula is C9H13N7S. The Morgan fingerprint density at radius 3 is 3.18 bits per heavy atom. The minimum atomic E-state index is 0.651. The van der Waals surface area contributed by atoms with Crippen LogP contribution in [0.3, 0.4) is 0 Å². The van der Waals surface area contributed by atoms with Crippen molar-refractivity contribution >= 4 is 16.5 Å². The molecule has 0 aliphatic carbocycles. The molecule has 3 rings (SSSR count). The first kappa shape index (κ1) is 10.6. The van der Waals surface area contributed by atoms with E-state index in [1.54, 1.807) is 0 Å². The summed E-state index contributed by atoms with van der Waals surface area (Å²) in [5, 5.41) is 9.62. The lowest BCUT2D eigenvalue weighted by atomic mass is 10.3. The number of nitrogens with zero attached hydrogens (tertiary/aromatic N) is 5. The Morgan fingerprint density at radius 2 is 2.35 bits per heavy atom. The fourth-order valence-corrected chi connectivity index (χ4v) is 2.62. The van der Waals surface area contributed by atoms with Crippen molar-refractivity contribution in [2.45, 2.75) is 19.6 Å². The molecule has 0 radical (unpaired) electrons. The highest BCUT2D eigenvalue weighted by Crippen LogP contribution is 2.18. The van der Waals surface area contributed by atoms with E-state index in [4.69, 9.17) is 5.84 Å². The molecule has 7 nitrogen and oxygen atoms in total. The van der Waals surface area contributed by atoms with E-state index >= 15 is 0 Å². The van der Waals surface area contributed by atoms with Gasteiger partial charge in [0.15, 0.2) is 0 Å². The van der Waals surface area contributed by atoms with Crippen LogP contribution in [0.4, 0.5) is 5.13 Å². The lowest BCUT2D eigenvalue weighted by molar-refractivity contribution is 0.208. The van der Waals surface area contributed by atoms with E-state index in [1.165, 1.54) is 11.3 Å². The van der Waals surface area contributed by atoms with Gasteiger partial charge in [-0.25, -0.2) is 10.8 Å². The molecule has 3 N–H and O–H groups in total. The van der Waals surface area contributed by atoms with Crippen LogP contribution in [-0.4, -0.2) is 31.2 Å². The van der Waals surface area contributed by atoms with Crippen LogP contribution >= 0.6 is 11.3 Å². The SMILES string of the molecule is NNc1nnc(CN2CCn3ccnc3C2)s1. The first-order chi connectivity index (χ1) is 8.35. The van der Waals surface area contributed by atoms with Gasteiger partial charge in [-0.15, -0.1) is 10.2 Å². The van der Waals surface area contributed by atoms with Gasteiger partial charge >= 0.3 is 0 Å². The molecule has 17 heavy (non-hydrogen) atoms. The predicted molar refractivity (Wildman–Crippen MR) is 64.1 cm³/mol. The summed E-state index contributed by atoms with van der Waals surface area (Å²) in [5.41, 5.74) is 2.51. The predicted octanol–water partition coefficient (Wildman–Crippen LogP) is 0.0360. The number of nitrogens with one attached hydrogen (secondary N) is 1. The molecule has 2 aromatic rings. The first-order valence-electron chi connectivity index (χ1n) is 5.36. The van der Waals surface area contributed by atoms with Gasteiger partial charge in [0.25, 0.3) is 0 Å². The summed E-state index contributed by atoms with van der Waals surface area (Å²) >= 11 is 1.48. The minimum Gasteiger partial charge on any atom is -0.333 e. The lowest BCUT2D eigenvalue weighted by Gasteiger charge is -2.26. The van der Waals surface area contributed by atoms with Crippen LogP contribution in [0.1, 0.15) is 10.8 Å². The number of nitrogen functional groups attached to an aromatic ring is 1. The van der Waals surface area contributed by atoms with Crippen LogP contribution in [0.25, 0.3) is 0 Å². The summed E-state index contributed by atoms with van der Waals surface area (Å²) in [6.07, 6.45) is 3.87. The van der Waals surface area contributed by atoms with Gasteiger partial charge in [0, 0.05) is 25.5 Å². The van der Waals surface area contributed by atoms with Crippen molar-refractivity contribution in [1.29, 1.82) is 0 Å². The minimum absolute atomic E-state index is 0.651. The summed E-state index contributed by atoms with van der Waals surface area (Å²) in [5.74, 6) is 6.39. The maximum atomic E-state index is 5.28. The highest BCUT2D eigenvalue weighted by Gasteiger charge is 2.17. The Balaban J connectivity index is 1.67. The molecule has 2 aromatic heterocycles. The van der Waals surface area contributed by atoms with Crippen molar-refractivity contribution < 1.29 is 0 Å². The van der Waals surface area contributed by atoms with Crippen molar-refractivity contribution in [3.8, 4) is 0 Å². The fraction of sp³-hybridized carbons (Fsp3) is 0.444. The number of fused-ring (bicyclic) bond motifs is 1. The molecule has 3 heterocycles. The number of anilines is 1. The molecule has 0 bridgehead atoms. The normalized spacial score (nSPS) is 15.8. The van der Waals surface area contributed by atoms with E-state index < -0.39 is 0 Å². The molecule has 1 aliphatic rings. The summed E-state index contributed by atoms with van der Waals surface area (Å²) in [6, 6.07) is 0. The van der Waals surface area contributed by atoms with Crippen molar-refractivity contribution in [3.05, 3.63) is 23.2 Å². The number of hydrogen-bond acceptors (Lipinski definition) is 7. The van der Waals surface area contributed by atoms with Crippen LogP contribution in [0.2, 0.25) is 0 Å². The maximum Gasteiger partial charge on any atom is 0.219 e. The van der Waals surface area contributed by atoms with E-state index in [0.29, 0.717) is 5.13 Å². The second-order valence-electron chi connectivity index (χ2n) is 3.89. The van der Waals surface area contributed by atoms with E-state index in [2.05, 4.69) is 30.1 Å². The third kappa shape index (κ3) is 2.14. The van der Waals surface area contributed by atoms with Crippen molar-refractivity contribution in [2.75, 3.05) is 12.0 Å². The molecule has 1 aliphatic heterocycles. The molecule has 8 heteroatoms. The first-order valence-corrected chi connectivity index (χ1v) is 6.18. The van der Waals surface area contributed by atoms with Gasteiger partial charge in [-0.05, 0) is 0 Å². The van der Waals surface area contributed by atoms with Crippen LogP contribution in [0.15, 0.2) is 12.4 Å². The molecule has 0 fully saturated rings. The zero-order chi connectivity index (χ0) is 11.7. The number of imidazole rings is 1. The number of rotatable bonds is 3. The van der Waals surface area contributed by atoms with E-state index in [9.17, 15) is 0 Å². The van der Waals surface area contributed by atoms with Gasteiger partial charge < -0.3 is 4.57 Å². The highest BCUT2D eigenvalue weighted by atomic mass is 32.1. The molecule has 0 saturated heterocycles. The Labute approximate surface area is 102 Å². The standard InChI is InChI=1S/C9H13N7S/c10-12-9-14-13-8(17-9)6-15-3-4-16-2-1-11-7(16)5-15/h1-2H,3-6,10H2,(H,12,14). The largest absolute Gasteiger partial charge is 0.333 e. The quantitative estimate of drug-likeness (QED) is 0.591. The number of aromatic nitrogens is 4. The molecule has 90 valence electrons. The van der Waals surface area contributed by atoms with Crippen molar-refractivity contribution in [1.82, 2.24) is 24.6 Å². The Bertz CT molecular complexity index is 505. The zero-order valence-electron chi connectivity index (χ0n) is 9.20. The van der Waals surface area contributed by atoms with Gasteiger partial charge in [-0.3, -0.25) is 10.3 Å². The maximum absolute atomic E-state index is 5.28. The molecule has 0 unspecified atom stereocenters. The summed E-state index contributed by atoms with van der Waals surface area (Å²) in [6.45, 7) is 3.65. The Kier molecular flexibility index (Phi) is 2.75. The lowest BCUT2D eigenvalue weighted by Crippen LogP contribution is -2.33. The molecule has 0 saturated carbocycles. The zero-order valence-corrected chi connectivity index (χ0v) is 10.0. The molecule has 0 aromatic carbocycles. The summed E-state index contributed by atoms with van der Waals surface area (Å²) in [7, 11) is 0. The molecular weight excluding hydrogens is 238 g/mol. The van der Waals surface area contributed by atoms with Gasteiger partial charge in [0.1, 0.15) is 10.8 Å². The third-order valence-electron chi connectivity index (χ3n) is 2.77. The van der Waals surface area contributed by atoms with Crippen LogP contribution in [0.5, 0.6) is 0 Å². The van der Waals surface area contributed by atoms with Crippen LogP contribution in [-0.2, 0) is 19.6 Å². The Hall–Kier alpha value is -1.51. The van der Waals surface area contributed by atoms with E-state index in [-0.39, 0.29) is 0 Å². The topological polar surface area (TPSA) is 84.9 Å². The molecule has 0 spiro atoms. The van der Waals surface area contributed by atoms with Gasteiger partial charge in [0.2, 0.25) is 5.13 Å². The molecule has 0 atom stereocenters. The molecule has 0 amide bonds. The number of nitrogens with two attached hydrogens (primary N) is 1. The second-order valence-corrected chi connectivity index (χ2v) is 4.95. The fourth-order valence-electron chi connectivity index (χ4n) is 1.93. The number of hydrazine groups is 1.